The Morgan fingerprint density at radius 2 is 1.71 bits per heavy atom. The van der Waals surface area contributed by atoms with Gasteiger partial charge in [0.25, 0.3) is 11.8 Å². The molecule has 0 bridgehead atoms. The Bertz CT molecular complexity index is 2850. The highest BCUT2D eigenvalue weighted by molar-refractivity contribution is 6.31. The Morgan fingerprint density at radius 3 is 2.40 bits per heavy atom. The van der Waals surface area contributed by atoms with E-state index >= 15 is 0 Å². The first-order valence-corrected chi connectivity index (χ1v) is 22.2. The van der Waals surface area contributed by atoms with Gasteiger partial charge in [-0.3, -0.25) is 29.0 Å². The van der Waals surface area contributed by atoms with Crippen LogP contribution in [0.25, 0.3) is 33.3 Å². The molecule has 15 nitrogen and oxygen atoms in total. The Morgan fingerprint density at radius 1 is 0.938 bits per heavy atom. The molecule has 2 aromatic carbocycles. The number of halogens is 1. The highest BCUT2D eigenvalue weighted by Gasteiger charge is 2.64. The maximum absolute atomic E-state index is 13.4. The summed E-state index contributed by atoms with van der Waals surface area (Å²) in [7, 11) is 0. The van der Waals surface area contributed by atoms with E-state index in [-0.39, 0.29) is 47.8 Å². The second-order valence-corrected chi connectivity index (χ2v) is 18.6. The fraction of sp³-hybridized carbons (Fsp3) is 0.367. The van der Waals surface area contributed by atoms with Crippen LogP contribution in [0.2, 0.25) is 5.02 Å². The molecule has 2 fully saturated rings. The van der Waals surface area contributed by atoms with Crippen molar-refractivity contribution >= 4 is 40.1 Å². The molecule has 16 heteroatoms. The fourth-order valence-corrected chi connectivity index (χ4v) is 10.2. The van der Waals surface area contributed by atoms with Crippen LogP contribution in [0.3, 0.4) is 0 Å². The van der Waals surface area contributed by atoms with Gasteiger partial charge in [0.15, 0.2) is 0 Å². The van der Waals surface area contributed by atoms with Gasteiger partial charge in [0.05, 0.1) is 40.1 Å². The van der Waals surface area contributed by atoms with E-state index in [4.69, 9.17) is 31.2 Å². The number of hydrogen-bond acceptors (Lipinski definition) is 11. The maximum atomic E-state index is 13.4. The van der Waals surface area contributed by atoms with Crippen LogP contribution < -0.4 is 15.4 Å². The topological polar surface area (TPSA) is 190 Å². The summed E-state index contributed by atoms with van der Waals surface area (Å²) < 4.78 is 14.2. The summed E-state index contributed by atoms with van der Waals surface area (Å²) in [6, 6.07) is 18.7. The van der Waals surface area contributed by atoms with Crippen molar-refractivity contribution in [2.75, 3.05) is 19.8 Å². The summed E-state index contributed by atoms with van der Waals surface area (Å²) >= 11 is 6.24. The lowest BCUT2D eigenvalue weighted by atomic mass is 9.49. The van der Waals surface area contributed by atoms with Crippen LogP contribution in [0, 0.1) is 22.2 Å². The number of pyridine rings is 2. The molecule has 65 heavy (non-hydrogen) atoms. The van der Waals surface area contributed by atoms with E-state index in [9.17, 15) is 19.6 Å². The molecule has 0 radical (unpaired) electrons. The van der Waals surface area contributed by atoms with Gasteiger partial charge in [-0.15, -0.1) is 0 Å². The standard InChI is InChI=1S/C49H49ClN10O5/c1-28(61)59-16-13-41-37(27-59)43(58-60(41)33-14-17-64-18-15-33)35-8-6-7-29-19-40(53-25-36(29)35)31-10-12-39(52-22-31)45(63)56-26-42-54-23-32(24-55-42)44(62)57-46-48(2,3)47(49(46,4)5)65-34-11-9-30(21-51)38(50)20-34/h6-12,19-20,22-25,33,46-47H,13-18,26-27H2,1-5H3,(H,56,63)(H,57,62). The Balaban J connectivity index is 0.829. The largest absolute Gasteiger partial charge is 0.489 e. The third kappa shape index (κ3) is 8.28. The number of rotatable bonds is 10. The normalized spacial score (nSPS) is 18.8. The van der Waals surface area contributed by atoms with Crippen molar-refractivity contribution in [1.82, 2.24) is 45.2 Å². The second-order valence-electron chi connectivity index (χ2n) is 18.2. The van der Waals surface area contributed by atoms with Crippen molar-refractivity contribution in [1.29, 1.82) is 5.26 Å². The number of hydrogen-bond donors (Lipinski definition) is 2. The number of nitrogens with one attached hydrogen (secondary N) is 2. The predicted octanol–water partition coefficient (Wildman–Crippen LogP) is 7.27. The number of nitriles is 1. The van der Waals surface area contributed by atoms with Crippen LogP contribution in [-0.2, 0) is 29.0 Å². The molecule has 4 aromatic heterocycles. The molecule has 6 aromatic rings. The zero-order chi connectivity index (χ0) is 45.6. The maximum Gasteiger partial charge on any atom is 0.270 e. The van der Waals surface area contributed by atoms with E-state index < -0.39 is 16.7 Å². The molecular weight excluding hydrogens is 844 g/mol. The van der Waals surface area contributed by atoms with Gasteiger partial charge in [0.2, 0.25) is 5.91 Å². The second kappa shape index (κ2) is 17.3. The van der Waals surface area contributed by atoms with Crippen LogP contribution in [0.5, 0.6) is 5.75 Å². The molecule has 2 aliphatic heterocycles. The van der Waals surface area contributed by atoms with Gasteiger partial charge in [-0.2, -0.15) is 10.4 Å². The number of aromatic nitrogens is 6. The number of nitrogens with zero attached hydrogens (tertiary/aromatic N) is 8. The zero-order valence-electron chi connectivity index (χ0n) is 36.9. The van der Waals surface area contributed by atoms with Gasteiger partial charge in [-0.25, -0.2) is 9.97 Å². The lowest BCUT2D eigenvalue weighted by Gasteiger charge is -2.63. The lowest BCUT2D eigenvalue weighted by Crippen LogP contribution is -2.74. The Hall–Kier alpha value is -6.76. The van der Waals surface area contributed by atoms with Gasteiger partial charge < -0.3 is 25.0 Å². The highest BCUT2D eigenvalue weighted by Crippen LogP contribution is 2.55. The van der Waals surface area contributed by atoms with Gasteiger partial charge in [0.1, 0.15) is 29.4 Å². The number of fused-ring (bicyclic) bond motifs is 2. The van der Waals surface area contributed by atoms with E-state index in [1.54, 1.807) is 37.4 Å². The predicted molar refractivity (Wildman–Crippen MR) is 243 cm³/mol. The minimum Gasteiger partial charge on any atom is -0.489 e. The first kappa shape index (κ1) is 43.5. The van der Waals surface area contributed by atoms with Crippen molar-refractivity contribution < 1.29 is 23.9 Å². The summed E-state index contributed by atoms with van der Waals surface area (Å²) in [5.41, 5.74) is 5.58. The summed E-state index contributed by atoms with van der Waals surface area (Å²) in [5.74, 6) is 0.211. The van der Waals surface area contributed by atoms with E-state index in [2.05, 4.69) is 42.4 Å². The Kier molecular flexibility index (Phi) is 11.6. The molecule has 3 aliphatic rings. The van der Waals surface area contributed by atoms with Gasteiger partial charge in [-0.05, 0) is 48.6 Å². The van der Waals surface area contributed by atoms with Crippen LogP contribution >= 0.6 is 11.6 Å². The summed E-state index contributed by atoms with van der Waals surface area (Å²) in [6.07, 6.45) is 8.69. The quantitative estimate of drug-likeness (QED) is 0.141. The molecule has 1 saturated carbocycles. The molecule has 332 valence electrons. The minimum atomic E-state index is -0.438. The molecule has 2 N–H and O–H groups in total. The van der Waals surface area contributed by atoms with Gasteiger partial charge in [0, 0.05) is 115 Å². The van der Waals surface area contributed by atoms with Crippen LogP contribution in [-0.4, -0.2) is 84.2 Å². The molecule has 1 saturated heterocycles. The number of carbonyl (C=O) groups excluding carboxylic acids is 3. The number of benzene rings is 2. The zero-order valence-corrected chi connectivity index (χ0v) is 37.6. The van der Waals surface area contributed by atoms with Gasteiger partial charge in [-0.1, -0.05) is 57.5 Å². The van der Waals surface area contributed by atoms with Gasteiger partial charge >= 0.3 is 0 Å². The number of carbonyl (C=O) groups is 3. The SMILES string of the molecule is CC(=O)N1CCc2c(c(-c3cccc4cc(-c5ccc(C(=O)NCc6ncc(C(=O)NC7C(C)(C)C(Oc8ccc(C#N)c(Cl)c8)C7(C)C)cn6)nc5)ncc34)nn2C2CCOCC2)C1. The minimum absolute atomic E-state index is 0.0309. The highest BCUT2D eigenvalue weighted by atomic mass is 35.5. The molecule has 0 spiro atoms. The molecule has 1 aliphatic carbocycles. The molecule has 3 amide bonds. The number of ether oxygens (including phenoxy) is 2. The molecule has 0 unspecified atom stereocenters. The third-order valence-electron chi connectivity index (χ3n) is 13.2. The molecule has 6 heterocycles. The molecule has 0 atom stereocenters. The summed E-state index contributed by atoms with van der Waals surface area (Å²) in [6.45, 7) is 12.4. The first-order valence-electron chi connectivity index (χ1n) is 21.8. The average Bonchev–Trinajstić information content (AvgIpc) is 3.70. The van der Waals surface area contributed by atoms with Crippen molar-refractivity contribution in [3.8, 4) is 34.3 Å². The van der Waals surface area contributed by atoms with Crippen LogP contribution in [0.4, 0.5) is 0 Å². The van der Waals surface area contributed by atoms with E-state index in [0.29, 0.717) is 54.2 Å². The molecular formula is C49H49ClN10O5. The lowest BCUT2D eigenvalue weighted by molar-refractivity contribution is -0.164. The van der Waals surface area contributed by atoms with E-state index in [1.807, 2.05) is 63.1 Å². The van der Waals surface area contributed by atoms with Crippen LogP contribution in [0.1, 0.15) is 97.0 Å². The van der Waals surface area contributed by atoms with E-state index in [0.717, 1.165) is 52.4 Å². The van der Waals surface area contributed by atoms with Crippen molar-refractivity contribution in [2.24, 2.45) is 10.8 Å². The van der Waals surface area contributed by atoms with Crippen LogP contribution in [0.15, 0.2) is 79.4 Å². The van der Waals surface area contributed by atoms with Crippen molar-refractivity contribution in [3.05, 3.63) is 118 Å². The monoisotopic (exact) mass is 892 g/mol. The summed E-state index contributed by atoms with van der Waals surface area (Å²) in [4.78, 5) is 58.8. The Labute approximate surface area is 381 Å². The number of amides is 3. The van der Waals surface area contributed by atoms with Crippen molar-refractivity contribution in [3.63, 3.8) is 0 Å². The molecule has 9 rings (SSSR count). The first-order chi connectivity index (χ1) is 31.2. The van der Waals surface area contributed by atoms with E-state index in [1.165, 1.54) is 18.1 Å². The average molecular weight is 893 g/mol. The third-order valence-corrected chi connectivity index (χ3v) is 13.5. The summed E-state index contributed by atoms with van der Waals surface area (Å²) in [5, 5.41) is 22.7. The van der Waals surface area contributed by atoms with Crippen molar-refractivity contribution in [2.45, 2.75) is 85.2 Å². The fourth-order valence-electron chi connectivity index (χ4n) is 10.0. The smallest absolute Gasteiger partial charge is 0.270 e.